The average Bonchev–Trinajstić information content (AvgIpc) is 3.39. The van der Waals surface area contributed by atoms with Crippen molar-refractivity contribution in [3.63, 3.8) is 0 Å². The fraction of sp³-hybridized carbons (Fsp3) is 0.221. The summed E-state index contributed by atoms with van der Waals surface area (Å²) < 4.78 is 14.9. The lowest BCUT2D eigenvalue weighted by Gasteiger charge is -2.36. The highest BCUT2D eigenvalue weighted by Gasteiger charge is 2.50. The topological polar surface area (TPSA) is 32.8 Å². The molecule has 2 heterocycles. The Morgan fingerprint density at radius 1 is 0.309 bits per heavy atom. The van der Waals surface area contributed by atoms with Crippen molar-refractivity contribution < 1.29 is 8.83 Å². The van der Waals surface area contributed by atoms with Gasteiger partial charge in [-0.15, -0.1) is 0 Å². The zero-order valence-electron chi connectivity index (χ0n) is 49.0. The quantitative estimate of drug-likeness (QED) is 0.152. The third-order valence-corrected chi connectivity index (χ3v) is 17.2. The Bertz CT molecular complexity index is 3930. The number of hydrogen-bond acceptors (Lipinski definition) is 4. The predicted molar refractivity (Wildman–Crippen MR) is 342 cm³/mol. The van der Waals surface area contributed by atoms with Crippen molar-refractivity contribution in [2.24, 2.45) is 0 Å². The lowest BCUT2D eigenvalue weighted by atomic mass is 9.67. The molecule has 4 nitrogen and oxygen atoms in total. The molecule has 81 heavy (non-hydrogen) atoms. The average molecular weight is 1060 g/mol. The molecule has 1 aliphatic carbocycles. The van der Waals surface area contributed by atoms with Crippen LogP contribution in [0, 0.1) is 0 Å². The van der Waals surface area contributed by atoms with Gasteiger partial charge in [-0.2, -0.15) is 0 Å². The van der Waals surface area contributed by atoms with E-state index in [9.17, 15) is 0 Å². The molecule has 0 amide bonds. The van der Waals surface area contributed by atoms with Crippen LogP contribution in [-0.4, -0.2) is 0 Å². The fourth-order valence-corrected chi connectivity index (χ4v) is 12.8. The maximum absolute atomic E-state index is 7.44. The van der Waals surface area contributed by atoms with Gasteiger partial charge in [-0.25, -0.2) is 0 Å². The van der Waals surface area contributed by atoms with Gasteiger partial charge in [-0.3, -0.25) is 0 Å². The van der Waals surface area contributed by atoms with Crippen LogP contribution in [-0.2, 0) is 27.1 Å². The van der Waals surface area contributed by atoms with E-state index < -0.39 is 5.41 Å². The fourth-order valence-electron chi connectivity index (χ4n) is 12.8. The summed E-state index contributed by atoms with van der Waals surface area (Å²) in [6.07, 6.45) is 0. The molecule has 10 aromatic carbocycles. The first-order chi connectivity index (χ1) is 38.7. The van der Waals surface area contributed by atoms with Crippen LogP contribution in [0.1, 0.15) is 128 Å². The molecule has 1 aliphatic rings. The minimum Gasteiger partial charge on any atom is -0.454 e. The molecule has 0 bridgehead atoms. The molecular formula is C77H72N2O2. The first-order valence-electron chi connectivity index (χ1n) is 28.8. The molecule has 0 atom stereocenters. The highest BCUT2D eigenvalue weighted by Crippen LogP contribution is 2.64. The largest absolute Gasteiger partial charge is 0.454 e. The van der Waals surface area contributed by atoms with E-state index in [1.807, 2.05) is 0 Å². The smallest absolute Gasteiger partial charge is 0.160 e. The van der Waals surface area contributed by atoms with E-state index in [1.54, 1.807) is 0 Å². The third kappa shape index (κ3) is 8.48. The summed E-state index contributed by atoms with van der Waals surface area (Å²) in [5, 5.41) is 4.26. The van der Waals surface area contributed by atoms with Crippen molar-refractivity contribution in [1.82, 2.24) is 0 Å². The van der Waals surface area contributed by atoms with Gasteiger partial charge >= 0.3 is 0 Å². The van der Waals surface area contributed by atoms with Crippen LogP contribution < -0.4 is 9.80 Å². The SMILES string of the molecule is CC(C)(C)c1ccc(N(c2ccc(C(C)(C)C)cc2)c2cc3c(c4c2oc2ccccc24)-c2c(cc(N(c4ccc(C(C)(C)C)cc4)c4ccc(C(C)(C)C)cc4)c4oc5ccccc5c24)C3(c2ccccc2)c2ccccc2)cc1. The Hall–Kier alpha value is -8.60. The zero-order valence-corrected chi connectivity index (χ0v) is 49.0. The van der Waals surface area contributed by atoms with Gasteiger partial charge in [-0.05, 0) is 150 Å². The Labute approximate surface area is 478 Å². The molecular weight excluding hydrogens is 985 g/mol. The Morgan fingerprint density at radius 3 is 0.864 bits per heavy atom. The van der Waals surface area contributed by atoms with Gasteiger partial charge in [0, 0.05) is 44.3 Å². The summed E-state index contributed by atoms with van der Waals surface area (Å²) in [7, 11) is 0. The lowest BCUT2D eigenvalue weighted by molar-refractivity contribution is 0.590. The molecule has 0 N–H and O–H groups in total. The molecule has 0 spiro atoms. The lowest BCUT2D eigenvalue weighted by Crippen LogP contribution is -2.29. The van der Waals surface area contributed by atoms with Crippen LogP contribution in [0.4, 0.5) is 34.1 Å². The van der Waals surface area contributed by atoms with Crippen molar-refractivity contribution in [2.45, 2.75) is 110 Å². The van der Waals surface area contributed by atoms with Crippen LogP contribution >= 0.6 is 0 Å². The monoisotopic (exact) mass is 1060 g/mol. The highest BCUT2D eigenvalue weighted by atomic mass is 16.3. The Morgan fingerprint density at radius 2 is 0.580 bits per heavy atom. The number of anilines is 6. The Balaban J connectivity index is 1.22. The summed E-state index contributed by atoms with van der Waals surface area (Å²) in [6.45, 7) is 27.4. The summed E-state index contributed by atoms with van der Waals surface area (Å²) in [6, 6.07) is 81.4. The molecule has 0 radical (unpaired) electrons. The minimum absolute atomic E-state index is 0.0309. The van der Waals surface area contributed by atoms with Crippen LogP contribution in [0.5, 0.6) is 0 Å². The van der Waals surface area contributed by atoms with Crippen LogP contribution in [0.2, 0.25) is 0 Å². The number of benzene rings is 10. The van der Waals surface area contributed by atoms with Gasteiger partial charge in [0.25, 0.3) is 0 Å². The predicted octanol–water partition coefficient (Wildman–Crippen LogP) is 22.0. The maximum atomic E-state index is 7.44. The number of furan rings is 2. The van der Waals surface area contributed by atoms with Gasteiger partial charge in [0.1, 0.15) is 11.2 Å². The van der Waals surface area contributed by atoms with E-state index in [0.717, 1.165) is 89.1 Å². The van der Waals surface area contributed by atoms with E-state index in [-0.39, 0.29) is 21.7 Å². The number of para-hydroxylation sites is 2. The first-order valence-corrected chi connectivity index (χ1v) is 28.8. The van der Waals surface area contributed by atoms with Crippen LogP contribution in [0.25, 0.3) is 55.0 Å². The number of nitrogens with zero attached hydrogens (tertiary/aromatic N) is 2. The second-order valence-corrected chi connectivity index (χ2v) is 26.6. The molecule has 0 fully saturated rings. The molecule has 0 unspecified atom stereocenters. The molecule has 2 aromatic heterocycles. The van der Waals surface area contributed by atoms with Crippen molar-refractivity contribution in [3.8, 4) is 11.1 Å². The van der Waals surface area contributed by atoms with Crippen LogP contribution in [0.3, 0.4) is 0 Å². The van der Waals surface area contributed by atoms with Gasteiger partial charge in [0.2, 0.25) is 0 Å². The second kappa shape index (κ2) is 18.7. The molecule has 0 saturated heterocycles. The molecule has 402 valence electrons. The number of fused-ring (bicyclic) bond motifs is 11. The van der Waals surface area contributed by atoms with Gasteiger partial charge in [0.15, 0.2) is 11.2 Å². The molecule has 0 aliphatic heterocycles. The standard InChI is InChI=1S/C77H72N2O2/c1-73(2,3)49-31-39-55(40-32-49)78(56-41-33-50(34-42-56)74(4,5)6)63-47-61-69(67-59-27-19-21-29-65(59)80-71(63)67)70-62(77(61,53-23-15-13-16-24-53)54-25-17-14-18-26-54)48-64(72-68(70)60-28-20-22-30-66(60)81-72)79(57-43-35-51(36-44-57)75(7,8)9)58-45-37-52(38-46-58)76(10,11)12/h13-48H,1-12H3. The van der Waals surface area contributed by atoms with E-state index in [2.05, 4.69) is 311 Å². The van der Waals surface area contributed by atoms with Gasteiger partial charge < -0.3 is 18.6 Å². The maximum Gasteiger partial charge on any atom is 0.160 e. The summed E-state index contributed by atoms with van der Waals surface area (Å²) in [5.41, 5.74) is 20.5. The molecule has 12 aromatic rings. The van der Waals surface area contributed by atoms with E-state index >= 15 is 0 Å². The normalized spacial score (nSPS) is 13.5. The van der Waals surface area contributed by atoms with Gasteiger partial charge in [0.05, 0.1) is 16.8 Å². The Kier molecular flexibility index (Phi) is 12.0. The first kappa shape index (κ1) is 51.8. The molecule has 13 rings (SSSR count). The summed E-state index contributed by atoms with van der Waals surface area (Å²) in [5.74, 6) is 0. The van der Waals surface area contributed by atoms with Crippen molar-refractivity contribution >= 4 is 78.0 Å². The third-order valence-electron chi connectivity index (χ3n) is 17.2. The molecule has 4 heteroatoms. The van der Waals surface area contributed by atoms with Gasteiger partial charge in [-0.1, -0.05) is 229 Å². The van der Waals surface area contributed by atoms with E-state index in [4.69, 9.17) is 8.83 Å². The minimum atomic E-state index is -0.870. The number of hydrogen-bond donors (Lipinski definition) is 0. The zero-order chi connectivity index (χ0) is 56.4. The van der Waals surface area contributed by atoms with E-state index in [0.29, 0.717) is 0 Å². The number of rotatable bonds is 8. The highest BCUT2D eigenvalue weighted by molar-refractivity contribution is 6.27. The van der Waals surface area contributed by atoms with Crippen molar-refractivity contribution in [2.75, 3.05) is 9.80 Å². The summed E-state index contributed by atoms with van der Waals surface area (Å²) >= 11 is 0. The van der Waals surface area contributed by atoms with Crippen molar-refractivity contribution in [1.29, 1.82) is 0 Å². The van der Waals surface area contributed by atoms with Crippen molar-refractivity contribution in [3.05, 3.63) is 263 Å². The van der Waals surface area contributed by atoms with E-state index in [1.165, 1.54) is 44.5 Å². The van der Waals surface area contributed by atoms with Crippen LogP contribution in [0.15, 0.2) is 227 Å². The molecule has 0 saturated carbocycles. The second-order valence-electron chi connectivity index (χ2n) is 26.6. The summed E-state index contributed by atoms with van der Waals surface area (Å²) in [4.78, 5) is 4.87.